The Morgan fingerprint density at radius 3 is 2.70 bits per heavy atom. The van der Waals surface area contributed by atoms with Crippen LogP contribution in [0.5, 0.6) is 5.75 Å². The van der Waals surface area contributed by atoms with Crippen LogP contribution >= 0.6 is 0 Å². The molecule has 3 aromatic rings. The van der Waals surface area contributed by atoms with Gasteiger partial charge in [-0.05, 0) is 82.2 Å². The van der Waals surface area contributed by atoms with Gasteiger partial charge in [0.2, 0.25) is 11.9 Å². The summed E-state index contributed by atoms with van der Waals surface area (Å²) in [5.74, 6) is 0.923. The van der Waals surface area contributed by atoms with E-state index in [2.05, 4.69) is 21.4 Å². The fourth-order valence-electron chi connectivity index (χ4n) is 5.54. The minimum atomic E-state index is -0.246. The van der Waals surface area contributed by atoms with E-state index in [0.29, 0.717) is 24.6 Å². The summed E-state index contributed by atoms with van der Waals surface area (Å²) in [6.45, 7) is 6.76. The summed E-state index contributed by atoms with van der Waals surface area (Å²) in [5, 5.41) is 3.06. The standard InChI is InChI=1S/C29H35N5O3/c1-3-26(35)33-17-8-7-10-22(19-33)34-27-24(13-9-14-25(27)37-23-11-5-4-6-12-23)31-29(34)32-28(36)21-15-16-30-20(2)18-21/h3,9,13-16,18,22-23H,1,4-8,10-12,17,19H2,2H3,(H,31,32,36)/t22-/m1/s1. The van der Waals surface area contributed by atoms with Crippen molar-refractivity contribution in [1.29, 1.82) is 0 Å². The first-order valence-corrected chi connectivity index (χ1v) is 13.4. The Balaban J connectivity index is 1.57. The van der Waals surface area contributed by atoms with Crippen molar-refractivity contribution in [3.05, 3.63) is 60.4 Å². The lowest BCUT2D eigenvalue weighted by atomic mass is 9.98. The lowest BCUT2D eigenvalue weighted by Crippen LogP contribution is -2.34. The van der Waals surface area contributed by atoms with E-state index in [0.717, 1.165) is 54.6 Å². The fourth-order valence-corrected chi connectivity index (χ4v) is 5.54. The minimum absolute atomic E-state index is 0.0676. The van der Waals surface area contributed by atoms with Crippen LogP contribution in [0, 0.1) is 6.92 Å². The molecule has 194 valence electrons. The Bertz CT molecular complexity index is 1290. The first kappa shape index (κ1) is 25.0. The molecular weight excluding hydrogens is 466 g/mol. The Kier molecular flexibility index (Phi) is 7.53. The number of pyridine rings is 1. The molecule has 2 fully saturated rings. The molecule has 3 heterocycles. The van der Waals surface area contributed by atoms with Gasteiger partial charge >= 0.3 is 0 Å². The first-order chi connectivity index (χ1) is 18.0. The molecule has 1 N–H and O–H groups in total. The van der Waals surface area contributed by atoms with E-state index >= 15 is 0 Å². The summed E-state index contributed by atoms with van der Waals surface area (Å²) in [6, 6.07) is 9.29. The summed E-state index contributed by atoms with van der Waals surface area (Å²) >= 11 is 0. The minimum Gasteiger partial charge on any atom is -0.488 e. The van der Waals surface area contributed by atoms with E-state index in [9.17, 15) is 9.59 Å². The van der Waals surface area contributed by atoms with E-state index < -0.39 is 0 Å². The van der Waals surface area contributed by atoms with Gasteiger partial charge in [-0.1, -0.05) is 19.1 Å². The topological polar surface area (TPSA) is 89.4 Å². The third kappa shape index (κ3) is 5.53. The number of anilines is 1. The Morgan fingerprint density at radius 2 is 1.92 bits per heavy atom. The van der Waals surface area contributed by atoms with Gasteiger partial charge in [0.05, 0.1) is 17.7 Å². The highest BCUT2D eigenvalue weighted by Crippen LogP contribution is 2.36. The van der Waals surface area contributed by atoms with Gasteiger partial charge in [-0.3, -0.25) is 19.9 Å². The highest BCUT2D eigenvalue weighted by molar-refractivity contribution is 6.04. The Hall–Kier alpha value is -3.68. The van der Waals surface area contributed by atoms with Crippen LogP contribution in [0.3, 0.4) is 0 Å². The third-order valence-corrected chi connectivity index (χ3v) is 7.40. The number of benzene rings is 1. The molecule has 1 saturated carbocycles. The molecule has 8 nitrogen and oxygen atoms in total. The number of likely N-dealkylation sites (tertiary alicyclic amines) is 1. The van der Waals surface area contributed by atoms with Crippen LogP contribution in [-0.2, 0) is 4.79 Å². The van der Waals surface area contributed by atoms with E-state index in [-0.39, 0.29) is 24.0 Å². The molecular formula is C29H35N5O3. The largest absolute Gasteiger partial charge is 0.488 e. The molecule has 37 heavy (non-hydrogen) atoms. The molecule has 5 rings (SSSR count). The molecule has 2 aromatic heterocycles. The monoisotopic (exact) mass is 501 g/mol. The van der Waals surface area contributed by atoms with Crippen molar-refractivity contribution >= 4 is 28.8 Å². The Morgan fingerprint density at radius 1 is 1.11 bits per heavy atom. The molecule has 0 radical (unpaired) electrons. The van der Waals surface area contributed by atoms with Crippen LogP contribution in [0.2, 0.25) is 0 Å². The molecule has 0 bridgehead atoms. The number of carbonyl (C=O) groups is 2. The number of hydrogen-bond donors (Lipinski definition) is 1. The van der Waals surface area contributed by atoms with Crippen molar-refractivity contribution in [3.63, 3.8) is 0 Å². The second-order valence-corrected chi connectivity index (χ2v) is 10.1. The van der Waals surface area contributed by atoms with Crippen LogP contribution in [0.4, 0.5) is 5.95 Å². The van der Waals surface area contributed by atoms with E-state index in [1.807, 2.05) is 30.0 Å². The zero-order valence-corrected chi connectivity index (χ0v) is 21.5. The lowest BCUT2D eigenvalue weighted by molar-refractivity contribution is -0.126. The molecule has 1 aromatic carbocycles. The first-order valence-electron chi connectivity index (χ1n) is 13.4. The molecule has 1 saturated heterocycles. The van der Waals surface area contributed by atoms with Gasteiger partial charge in [0.15, 0.2) is 0 Å². The van der Waals surface area contributed by atoms with Crippen molar-refractivity contribution in [1.82, 2.24) is 19.4 Å². The van der Waals surface area contributed by atoms with Crippen LogP contribution in [0.25, 0.3) is 11.0 Å². The summed E-state index contributed by atoms with van der Waals surface area (Å²) in [7, 11) is 0. The number of amides is 2. The third-order valence-electron chi connectivity index (χ3n) is 7.40. The number of hydrogen-bond acceptors (Lipinski definition) is 5. The van der Waals surface area contributed by atoms with Gasteiger partial charge in [-0.2, -0.15) is 0 Å². The van der Waals surface area contributed by atoms with Gasteiger partial charge in [0.25, 0.3) is 5.91 Å². The fraction of sp³-hybridized carbons (Fsp3) is 0.448. The molecule has 0 spiro atoms. The molecule has 0 unspecified atom stereocenters. The predicted molar refractivity (Wildman–Crippen MR) is 144 cm³/mol. The predicted octanol–water partition coefficient (Wildman–Crippen LogP) is 5.44. The van der Waals surface area contributed by atoms with Crippen LogP contribution in [0.1, 0.15) is 73.5 Å². The van der Waals surface area contributed by atoms with E-state index in [4.69, 9.17) is 9.72 Å². The van der Waals surface area contributed by atoms with Crippen LogP contribution < -0.4 is 10.1 Å². The molecule has 2 amide bonds. The van der Waals surface area contributed by atoms with E-state index in [1.165, 1.54) is 25.3 Å². The average Bonchev–Trinajstić information content (AvgIpc) is 3.10. The van der Waals surface area contributed by atoms with Gasteiger partial charge in [-0.25, -0.2) is 4.98 Å². The summed E-state index contributed by atoms with van der Waals surface area (Å²) in [5.41, 5.74) is 2.92. The van der Waals surface area contributed by atoms with Gasteiger partial charge in [0, 0.05) is 30.5 Å². The average molecular weight is 502 g/mol. The second kappa shape index (κ2) is 11.2. The number of rotatable bonds is 6. The molecule has 1 aliphatic heterocycles. The van der Waals surface area contributed by atoms with Crippen molar-refractivity contribution in [2.24, 2.45) is 0 Å². The maximum absolute atomic E-state index is 13.3. The van der Waals surface area contributed by atoms with Crippen molar-refractivity contribution < 1.29 is 14.3 Å². The second-order valence-electron chi connectivity index (χ2n) is 10.1. The number of ether oxygens (including phenoxy) is 1. The zero-order chi connectivity index (χ0) is 25.8. The summed E-state index contributed by atoms with van der Waals surface area (Å²) < 4.78 is 8.66. The zero-order valence-electron chi connectivity index (χ0n) is 21.5. The number of nitrogens with zero attached hydrogens (tertiary/aromatic N) is 4. The molecule has 2 aliphatic rings. The molecule has 1 aliphatic carbocycles. The van der Waals surface area contributed by atoms with Gasteiger partial charge < -0.3 is 14.2 Å². The Labute approximate surface area is 217 Å². The number of para-hydroxylation sites is 1. The van der Waals surface area contributed by atoms with Gasteiger partial charge in [-0.15, -0.1) is 0 Å². The number of imidazole rings is 1. The quantitative estimate of drug-likeness (QED) is 0.454. The van der Waals surface area contributed by atoms with Crippen molar-refractivity contribution in [2.45, 2.75) is 70.4 Å². The number of aromatic nitrogens is 3. The van der Waals surface area contributed by atoms with Crippen molar-refractivity contribution in [2.75, 3.05) is 18.4 Å². The van der Waals surface area contributed by atoms with Crippen LogP contribution in [-0.4, -0.2) is 50.4 Å². The SMILES string of the molecule is C=CC(=O)N1CCCC[C@@H](n2c(NC(=O)c3ccnc(C)c3)nc3cccc(OC4CCCCC4)c32)C1. The van der Waals surface area contributed by atoms with Crippen LogP contribution in [0.15, 0.2) is 49.2 Å². The number of carbonyl (C=O) groups excluding carboxylic acids is 2. The normalized spacial score (nSPS) is 18.8. The number of fused-ring (bicyclic) bond motifs is 1. The number of nitrogens with one attached hydrogen (secondary N) is 1. The maximum atomic E-state index is 13.3. The smallest absolute Gasteiger partial charge is 0.258 e. The van der Waals surface area contributed by atoms with E-state index in [1.54, 1.807) is 18.3 Å². The summed E-state index contributed by atoms with van der Waals surface area (Å²) in [6.07, 6.45) is 11.6. The number of aryl methyl sites for hydroxylation is 1. The molecule has 1 atom stereocenters. The summed E-state index contributed by atoms with van der Waals surface area (Å²) in [4.78, 5) is 36.8. The maximum Gasteiger partial charge on any atom is 0.258 e. The molecule has 8 heteroatoms. The highest BCUT2D eigenvalue weighted by Gasteiger charge is 2.28. The lowest BCUT2D eigenvalue weighted by Gasteiger charge is -2.27. The van der Waals surface area contributed by atoms with Crippen molar-refractivity contribution in [3.8, 4) is 5.75 Å². The van der Waals surface area contributed by atoms with Gasteiger partial charge in [0.1, 0.15) is 11.3 Å². The highest BCUT2D eigenvalue weighted by atomic mass is 16.5.